The molecule has 0 aliphatic rings. The van der Waals surface area contributed by atoms with Gasteiger partial charge in [-0.05, 0) is 49.8 Å². The quantitative estimate of drug-likeness (QED) is 0.782. The first kappa shape index (κ1) is 17.4. The second kappa shape index (κ2) is 8.58. The molecule has 114 valence electrons. The van der Waals surface area contributed by atoms with Gasteiger partial charge in [0.15, 0.2) is 0 Å². The van der Waals surface area contributed by atoms with Crippen LogP contribution in [0, 0.1) is 12.8 Å². The van der Waals surface area contributed by atoms with Crippen LogP contribution in [0.1, 0.15) is 31.9 Å². The highest BCUT2D eigenvalue weighted by Gasteiger charge is 2.11. The highest BCUT2D eigenvalue weighted by molar-refractivity contribution is 7.98. The minimum Gasteiger partial charge on any atom is -0.371 e. The largest absolute Gasteiger partial charge is 0.371 e. The molecule has 2 nitrogen and oxygen atoms in total. The molecule has 0 saturated heterocycles. The van der Waals surface area contributed by atoms with E-state index < -0.39 is 0 Å². The summed E-state index contributed by atoms with van der Waals surface area (Å²) < 4.78 is 0. The Hall–Kier alpha value is -0.670. The first-order chi connectivity index (χ1) is 9.45. The van der Waals surface area contributed by atoms with Gasteiger partial charge in [0, 0.05) is 31.1 Å². The van der Waals surface area contributed by atoms with Gasteiger partial charge in [-0.2, -0.15) is 11.8 Å². The van der Waals surface area contributed by atoms with Crippen molar-refractivity contribution < 1.29 is 0 Å². The lowest BCUT2D eigenvalue weighted by Gasteiger charge is -2.28. The van der Waals surface area contributed by atoms with Crippen molar-refractivity contribution in [1.82, 2.24) is 5.32 Å². The van der Waals surface area contributed by atoms with Crippen molar-refractivity contribution >= 4 is 17.4 Å². The number of thioether (sulfide) groups is 1. The Kier molecular flexibility index (Phi) is 7.46. The van der Waals surface area contributed by atoms with Crippen LogP contribution in [0.25, 0.3) is 0 Å². The summed E-state index contributed by atoms with van der Waals surface area (Å²) in [5, 5.41) is 3.50. The maximum atomic E-state index is 3.50. The minimum atomic E-state index is 0.564. The molecule has 3 heteroatoms. The van der Waals surface area contributed by atoms with Gasteiger partial charge >= 0.3 is 0 Å². The van der Waals surface area contributed by atoms with Crippen LogP contribution in [0.4, 0.5) is 5.69 Å². The molecule has 0 heterocycles. The number of nitrogens with zero attached hydrogens (tertiary/aromatic N) is 1. The molecule has 0 aromatic heterocycles. The van der Waals surface area contributed by atoms with Gasteiger partial charge in [0.25, 0.3) is 0 Å². The Morgan fingerprint density at radius 1 is 1.25 bits per heavy atom. The molecule has 1 unspecified atom stereocenters. The fourth-order valence-electron chi connectivity index (χ4n) is 2.32. The molecular formula is C17H30N2S. The third kappa shape index (κ3) is 5.37. The van der Waals surface area contributed by atoms with Gasteiger partial charge in [-0.3, -0.25) is 0 Å². The van der Waals surface area contributed by atoms with Gasteiger partial charge in [0.1, 0.15) is 0 Å². The van der Waals surface area contributed by atoms with Crippen molar-refractivity contribution in [1.29, 1.82) is 0 Å². The van der Waals surface area contributed by atoms with Gasteiger partial charge in [0.05, 0.1) is 0 Å². The van der Waals surface area contributed by atoms with Crippen molar-refractivity contribution in [2.45, 2.75) is 40.3 Å². The van der Waals surface area contributed by atoms with Crippen molar-refractivity contribution in [2.24, 2.45) is 5.92 Å². The van der Waals surface area contributed by atoms with E-state index in [0.717, 1.165) is 18.8 Å². The van der Waals surface area contributed by atoms with Gasteiger partial charge < -0.3 is 10.2 Å². The van der Waals surface area contributed by atoms with Crippen LogP contribution in [-0.2, 0) is 6.54 Å². The van der Waals surface area contributed by atoms with Crippen LogP contribution in [0.2, 0.25) is 0 Å². The van der Waals surface area contributed by atoms with Gasteiger partial charge in [-0.25, -0.2) is 0 Å². The van der Waals surface area contributed by atoms with Crippen LogP contribution < -0.4 is 10.2 Å². The van der Waals surface area contributed by atoms with Crippen molar-refractivity contribution in [3.8, 4) is 0 Å². The van der Waals surface area contributed by atoms with Crippen LogP contribution in [-0.4, -0.2) is 31.6 Å². The van der Waals surface area contributed by atoms with Crippen molar-refractivity contribution in [3.05, 3.63) is 29.3 Å². The number of rotatable bonds is 8. The molecule has 0 bridgehead atoms. The molecule has 1 aromatic rings. The Balaban J connectivity index is 2.67. The zero-order valence-corrected chi connectivity index (χ0v) is 14.7. The molecular weight excluding hydrogens is 264 g/mol. The normalized spacial score (nSPS) is 12.8. The van der Waals surface area contributed by atoms with E-state index in [0.29, 0.717) is 12.0 Å². The average Bonchev–Trinajstić information content (AvgIpc) is 2.38. The topological polar surface area (TPSA) is 15.3 Å². The lowest BCUT2D eigenvalue weighted by molar-refractivity contribution is 0.552. The lowest BCUT2D eigenvalue weighted by Crippen LogP contribution is -2.31. The molecule has 0 radical (unpaired) electrons. The Bertz CT molecular complexity index is 404. The van der Waals surface area contributed by atoms with E-state index in [1.165, 1.54) is 16.8 Å². The predicted molar refractivity (Wildman–Crippen MR) is 94.0 cm³/mol. The fourth-order valence-corrected chi connectivity index (χ4v) is 3.02. The van der Waals surface area contributed by atoms with Crippen LogP contribution in [0.15, 0.2) is 18.2 Å². The molecule has 1 atom stereocenters. The van der Waals surface area contributed by atoms with E-state index in [1.807, 2.05) is 11.8 Å². The maximum Gasteiger partial charge on any atom is 0.0396 e. The average molecular weight is 295 g/mol. The zero-order chi connectivity index (χ0) is 15.1. The molecule has 1 rings (SSSR count). The van der Waals surface area contributed by atoms with E-state index in [9.17, 15) is 0 Å². The van der Waals surface area contributed by atoms with Crippen LogP contribution in [0.3, 0.4) is 0 Å². The third-order valence-corrected chi connectivity index (χ3v) is 4.41. The fraction of sp³-hybridized carbons (Fsp3) is 0.647. The summed E-state index contributed by atoms with van der Waals surface area (Å²) >= 11 is 1.90. The number of hydrogen-bond acceptors (Lipinski definition) is 3. The smallest absolute Gasteiger partial charge is 0.0396 e. The first-order valence-corrected chi connectivity index (χ1v) is 8.87. The molecule has 1 N–H and O–H groups in total. The van der Waals surface area contributed by atoms with Gasteiger partial charge in [0.2, 0.25) is 0 Å². The maximum absolute atomic E-state index is 3.50. The SMILES string of the molecule is CSCC(C)N(C)c1ccc(CNCC(C)C)cc1C. The molecule has 1 aromatic carbocycles. The van der Waals surface area contributed by atoms with E-state index >= 15 is 0 Å². The minimum absolute atomic E-state index is 0.564. The predicted octanol–water partition coefficient (Wildman–Crippen LogP) is 3.93. The monoisotopic (exact) mass is 294 g/mol. The highest BCUT2D eigenvalue weighted by Crippen LogP contribution is 2.23. The number of anilines is 1. The molecule has 20 heavy (non-hydrogen) atoms. The van der Waals surface area contributed by atoms with Gasteiger partial charge in [-0.1, -0.05) is 26.0 Å². The Morgan fingerprint density at radius 2 is 1.95 bits per heavy atom. The second-order valence-electron chi connectivity index (χ2n) is 6.06. The molecule has 0 saturated carbocycles. The Morgan fingerprint density at radius 3 is 2.50 bits per heavy atom. The standard InChI is InChI=1S/C17H30N2S/c1-13(2)10-18-11-16-7-8-17(14(3)9-16)19(5)15(4)12-20-6/h7-9,13,15,18H,10-12H2,1-6H3. The number of aryl methyl sites for hydroxylation is 1. The summed E-state index contributed by atoms with van der Waals surface area (Å²) in [6, 6.07) is 7.38. The summed E-state index contributed by atoms with van der Waals surface area (Å²) in [6.07, 6.45) is 2.17. The van der Waals surface area contributed by atoms with Crippen LogP contribution >= 0.6 is 11.8 Å². The highest BCUT2D eigenvalue weighted by atomic mass is 32.2. The summed E-state index contributed by atoms with van der Waals surface area (Å²) in [5.74, 6) is 1.86. The molecule has 0 aliphatic carbocycles. The van der Waals surface area contributed by atoms with Crippen molar-refractivity contribution in [2.75, 3.05) is 30.5 Å². The summed E-state index contributed by atoms with van der Waals surface area (Å²) in [5.41, 5.74) is 4.08. The molecule has 0 fully saturated rings. The van der Waals surface area contributed by atoms with Gasteiger partial charge in [-0.15, -0.1) is 0 Å². The first-order valence-electron chi connectivity index (χ1n) is 7.47. The lowest BCUT2D eigenvalue weighted by atomic mass is 10.1. The molecule has 0 amide bonds. The van der Waals surface area contributed by atoms with E-state index in [2.05, 4.69) is 69.4 Å². The molecule has 0 aliphatic heterocycles. The third-order valence-electron chi connectivity index (χ3n) is 3.59. The summed E-state index contributed by atoms with van der Waals surface area (Å²) in [7, 11) is 2.19. The van der Waals surface area contributed by atoms with Crippen LogP contribution in [0.5, 0.6) is 0 Å². The van der Waals surface area contributed by atoms with E-state index in [4.69, 9.17) is 0 Å². The summed E-state index contributed by atoms with van der Waals surface area (Å²) in [6.45, 7) is 11.0. The zero-order valence-electron chi connectivity index (χ0n) is 13.9. The number of benzene rings is 1. The van der Waals surface area contributed by atoms with E-state index in [-0.39, 0.29) is 0 Å². The molecule has 0 spiro atoms. The second-order valence-corrected chi connectivity index (χ2v) is 6.97. The number of hydrogen-bond donors (Lipinski definition) is 1. The Labute approximate surface area is 129 Å². The van der Waals surface area contributed by atoms with E-state index in [1.54, 1.807) is 0 Å². The number of nitrogens with one attached hydrogen (secondary N) is 1. The summed E-state index contributed by atoms with van der Waals surface area (Å²) in [4.78, 5) is 2.39. The van der Waals surface area contributed by atoms with Crippen molar-refractivity contribution in [3.63, 3.8) is 0 Å².